The van der Waals surface area contributed by atoms with E-state index in [-0.39, 0.29) is 18.0 Å². The lowest BCUT2D eigenvalue weighted by molar-refractivity contribution is -0.139. The van der Waals surface area contributed by atoms with Gasteiger partial charge in [-0.3, -0.25) is 4.79 Å². The summed E-state index contributed by atoms with van der Waals surface area (Å²) in [7, 11) is -3.74. The molecule has 182 valence electrons. The molecule has 0 radical (unpaired) electrons. The molecule has 9 nitrogen and oxygen atoms in total. The first-order valence-corrected chi connectivity index (χ1v) is 13.5. The third-order valence-corrected chi connectivity index (χ3v) is 9.27. The first kappa shape index (κ1) is 22.5. The number of carbonyl (C=O) groups is 1. The molecule has 1 unspecified atom stereocenters. The molecule has 3 aliphatic rings. The van der Waals surface area contributed by atoms with E-state index in [4.69, 9.17) is 9.47 Å². The minimum atomic E-state index is -3.74. The Morgan fingerprint density at radius 3 is 2.51 bits per heavy atom. The normalized spacial score (nSPS) is 18.9. The molecule has 1 N–H and O–H groups in total. The van der Waals surface area contributed by atoms with Crippen molar-refractivity contribution in [2.24, 2.45) is 0 Å². The van der Waals surface area contributed by atoms with Gasteiger partial charge in [0.1, 0.15) is 13.2 Å². The van der Waals surface area contributed by atoms with Crippen LogP contribution in [-0.2, 0) is 14.8 Å². The predicted molar refractivity (Wildman–Crippen MR) is 129 cm³/mol. The molecule has 0 bridgehead atoms. The second-order valence-corrected chi connectivity index (χ2v) is 12.0. The van der Waals surface area contributed by atoms with Gasteiger partial charge in [-0.2, -0.15) is 4.31 Å². The van der Waals surface area contributed by atoms with Crippen LogP contribution >= 0.6 is 11.3 Å². The number of rotatable bonds is 4. The standard InChI is InChI=1S/C24H23N3O6S2/c1-14-25-22-18(3-2-4-21(22)34-14)23(28)24(29)26-10-15-12-27(13-16(15)11-26)35(30,31)17-5-6-19-20(9-17)33-8-7-32-19/h2-6,9,23,28H,7-8,10-13H2,1H3. The van der Waals surface area contributed by atoms with Crippen molar-refractivity contribution in [3.05, 3.63) is 58.1 Å². The zero-order chi connectivity index (χ0) is 24.3. The smallest absolute Gasteiger partial charge is 0.256 e. The number of aromatic nitrogens is 1. The topological polar surface area (TPSA) is 109 Å². The van der Waals surface area contributed by atoms with E-state index in [1.165, 1.54) is 27.8 Å². The number of nitrogens with zero attached hydrogens (tertiary/aromatic N) is 3. The van der Waals surface area contributed by atoms with E-state index in [1.54, 1.807) is 17.0 Å². The first-order chi connectivity index (χ1) is 16.8. The molecule has 2 aromatic carbocycles. The maximum atomic E-state index is 13.3. The molecule has 6 rings (SSSR count). The molecule has 4 heterocycles. The molecule has 0 saturated carbocycles. The van der Waals surface area contributed by atoms with E-state index in [9.17, 15) is 18.3 Å². The summed E-state index contributed by atoms with van der Waals surface area (Å²) in [5.74, 6) is 0.556. The van der Waals surface area contributed by atoms with E-state index in [0.717, 1.165) is 20.9 Å². The monoisotopic (exact) mass is 513 g/mol. The molecule has 3 aromatic rings. The van der Waals surface area contributed by atoms with Gasteiger partial charge < -0.3 is 19.5 Å². The summed E-state index contributed by atoms with van der Waals surface area (Å²) in [6.07, 6.45) is -1.32. The average Bonchev–Trinajstić information content (AvgIpc) is 3.55. The van der Waals surface area contributed by atoms with Crippen LogP contribution in [0.5, 0.6) is 11.5 Å². The number of amides is 1. The van der Waals surface area contributed by atoms with Crippen molar-refractivity contribution in [1.82, 2.24) is 14.2 Å². The molecule has 0 saturated heterocycles. The third-order valence-electron chi connectivity index (χ3n) is 6.55. The second-order valence-electron chi connectivity index (χ2n) is 8.81. The summed E-state index contributed by atoms with van der Waals surface area (Å²) in [6, 6.07) is 10.1. The number of carbonyl (C=O) groups excluding carboxylic acids is 1. The summed E-state index contributed by atoms with van der Waals surface area (Å²) in [4.78, 5) is 19.3. The number of aliphatic hydroxyl groups excluding tert-OH is 1. The van der Waals surface area contributed by atoms with Crippen LogP contribution in [0, 0.1) is 6.92 Å². The largest absolute Gasteiger partial charge is 0.486 e. The minimum absolute atomic E-state index is 0.151. The zero-order valence-corrected chi connectivity index (χ0v) is 20.6. The number of ether oxygens (including phenoxy) is 2. The number of fused-ring (bicyclic) bond motifs is 2. The van der Waals surface area contributed by atoms with Crippen molar-refractivity contribution in [2.75, 3.05) is 39.4 Å². The Kier molecular flexibility index (Phi) is 5.33. The van der Waals surface area contributed by atoms with Crippen LogP contribution in [0.15, 0.2) is 52.4 Å². The van der Waals surface area contributed by atoms with E-state index < -0.39 is 22.0 Å². The van der Waals surface area contributed by atoms with E-state index >= 15 is 0 Å². The Morgan fingerprint density at radius 1 is 1.06 bits per heavy atom. The van der Waals surface area contributed by atoms with Crippen LogP contribution in [0.2, 0.25) is 0 Å². The Hall–Kier alpha value is -2.99. The van der Waals surface area contributed by atoms with Crippen LogP contribution in [0.3, 0.4) is 0 Å². The van der Waals surface area contributed by atoms with Crippen LogP contribution in [0.1, 0.15) is 16.7 Å². The van der Waals surface area contributed by atoms with Gasteiger partial charge in [0.05, 0.1) is 20.1 Å². The number of hydrogen-bond acceptors (Lipinski definition) is 8. The zero-order valence-electron chi connectivity index (χ0n) is 18.9. The predicted octanol–water partition coefficient (Wildman–Crippen LogP) is 2.25. The molecule has 1 aromatic heterocycles. The van der Waals surface area contributed by atoms with Gasteiger partial charge in [-0.1, -0.05) is 12.1 Å². The Labute approximate surface area is 206 Å². The van der Waals surface area contributed by atoms with Gasteiger partial charge in [0, 0.05) is 37.8 Å². The minimum Gasteiger partial charge on any atom is -0.486 e. The quantitative estimate of drug-likeness (QED) is 0.533. The van der Waals surface area contributed by atoms with Gasteiger partial charge in [0.15, 0.2) is 17.6 Å². The van der Waals surface area contributed by atoms with E-state index in [1.807, 2.05) is 19.1 Å². The highest BCUT2D eigenvalue weighted by Gasteiger charge is 2.39. The molecule has 11 heteroatoms. The summed E-state index contributed by atoms with van der Waals surface area (Å²) in [6.45, 7) is 3.73. The number of para-hydroxylation sites is 1. The maximum Gasteiger partial charge on any atom is 0.256 e. The van der Waals surface area contributed by atoms with Crippen molar-refractivity contribution in [3.63, 3.8) is 0 Å². The molecule has 1 atom stereocenters. The molecular formula is C24H23N3O6S2. The summed E-state index contributed by atoms with van der Waals surface area (Å²) >= 11 is 1.52. The van der Waals surface area contributed by atoms with Crippen molar-refractivity contribution in [1.29, 1.82) is 0 Å². The maximum absolute atomic E-state index is 13.3. The molecule has 0 fully saturated rings. The lowest BCUT2D eigenvalue weighted by Gasteiger charge is -2.25. The number of hydrogen-bond donors (Lipinski definition) is 1. The number of aryl methyl sites for hydroxylation is 1. The molecule has 3 aliphatic heterocycles. The highest BCUT2D eigenvalue weighted by Crippen LogP contribution is 2.36. The van der Waals surface area contributed by atoms with Gasteiger partial charge in [0.2, 0.25) is 10.0 Å². The van der Waals surface area contributed by atoms with Crippen molar-refractivity contribution < 1.29 is 27.8 Å². The number of thiazole rings is 1. The van der Waals surface area contributed by atoms with Gasteiger partial charge in [-0.15, -0.1) is 11.3 Å². The number of benzene rings is 2. The van der Waals surface area contributed by atoms with Gasteiger partial charge >= 0.3 is 0 Å². The molecule has 0 spiro atoms. The molecular weight excluding hydrogens is 490 g/mol. The fourth-order valence-electron chi connectivity index (χ4n) is 4.81. The fraction of sp³-hybridized carbons (Fsp3) is 0.333. The second kappa shape index (κ2) is 8.30. The van der Waals surface area contributed by atoms with Crippen LogP contribution < -0.4 is 9.47 Å². The van der Waals surface area contributed by atoms with Crippen molar-refractivity contribution in [3.8, 4) is 11.5 Å². The van der Waals surface area contributed by atoms with Gasteiger partial charge in [-0.25, -0.2) is 13.4 Å². The highest BCUT2D eigenvalue weighted by molar-refractivity contribution is 7.89. The SMILES string of the molecule is Cc1nc2c(C(O)C(=O)N3CC4=C(C3)CN(S(=O)(=O)c3ccc5c(c3)OCCO5)C4)cccc2s1. The van der Waals surface area contributed by atoms with Gasteiger partial charge in [0.25, 0.3) is 5.91 Å². The van der Waals surface area contributed by atoms with E-state index in [0.29, 0.717) is 48.9 Å². The van der Waals surface area contributed by atoms with E-state index in [2.05, 4.69) is 4.98 Å². The molecule has 35 heavy (non-hydrogen) atoms. The van der Waals surface area contributed by atoms with Crippen molar-refractivity contribution in [2.45, 2.75) is 17.9 Å². The Balaban J connectivity index is 1.15. The average molecular weight is 514 g/mol. The number of sulfonamides is 1. The summed E-state index contributed by atoms with van der Waals surface area (Å²) in [5, 5.41) is 11.7. The lowest BCUT2D eigenvalue weighted by atomic mass is 10.1. The Morgan fingerprint density at radius 2 is 1.77 bits per heavy atom. The Bertz CT molecular complexity index is 1480. The number of aliphatic hydroxyl groups is 1. The van der Waals surface area contributed by atoms with Crippen molar-refractivity contribution >= 4 is 37.5 Å². The third kappa shape index (κ3) is 3.79. The lowest BCUT2D eigenvalue weighted by Crippen LogP contribution is -2.38. The van der Waals surface area contributed by atoms with Crippen LogP contribution in [0.25, 0.3) is 10.2 Å². The fourth-order valence-corrected chi connectivity index (χ4v) is 7.12. The van der Waals surface area contributed by atoms with Gasteiger partial charge in [-0.05, 0) is 36.3 Å². The first-order valence-electron chi connectivity index (χ1n) is 11.2. The van der Waals surface area contributed by atoms with Crippen LogP contribution in [-0.4, -0.2) is 73.0 Å². The summed E-state index contributed by atoms with van der Waals surface area (Å²) < 4.78 is 39.9. The van der Waals surface area contributed by atoms with Crippen LogP contribution in [0.4, 0.5) is 0 Å². The summed E-state index contributed by atoms with van der Waals surface area (Å²) in [5.41, 5.74) is 2.93. The highest BCUT2D eigenvalue weighted by atomic mass is 32.2. The molecule has 0 aliphatic carbocycles. The molecule has 1 amide bonds.